The first-order chi connectivity index (χ1) is 24.8. The minimum atomic E-state index is -1.11. The van der Waals surface area contributed by atoms with E-state index in [1.807, 2.05) is 18.2 Å². The second-order valence-electron chi connectivity index (χ2n) is 13.0. The van der Waals surface area contributed by atoms with Crippen molar-refractivity contribution in [2.75, 3.05) is 27.4 Å². The molecule has 0 radical (unpaired) electrons. The lowest BCUT2D eigenvalue weighted by Gasteiger charge is -2.39. The lowest BCUT2D eigenvalue weighted by molar-refractivity contribution is -0.163. The van der Waals surface area contributed by atoms with Gasteiger partial charge in [0, 0.05) is 12.7 Å². The van der Waals surface area contributed by atoms with Gasteiger partial charge in [0.25, 0.3) is 5.91 Å². The Balaban J connectivity index is 1.38. The van der Waals surface area contributed by atoms with Crippen LogP contribution in [0.2, 0.25) is 0 Å². The number of pyridine rings is 1. The SMILES string of the molecule is COc1ccc(CCC(OC(=O)[C@@H]2CCCCN2C(=O)[C@@H](NC(=O)c2ccccn2)C2CCCCC2)c2cccc(OCC(=O)O)c2)cc1OC. The molecular formula is C39H47N3O9. The molecule has 1 aromatic heterocycles. The summed E-state index contributed by atoms with van der Waals surface area (Å²) in [4.78, 5) is 58.8. The second-order valence-corrected chi connectivity index (χ2v) is 13.0. The summed E-state index contributed by atoms with van der Waals surface area (Å²) in [5.41, 5.74) is 1.79. The number of carboxylic acids is 1. The summed E-state index contributed by atoms with van der Waals surface area (Å²) in [7, 11) is 3.13. The summed E-state index contributed by atoms with van der Waals surface area (Å²) in [6, 6.07) is 15.9. The Bertz CT molecular complexity index is 1640. The Labute approximate surface area is 298 Å². The maximum atomic E-state index is 14.4. The number of rotatable bonds is 15. The number of carboxylic acid groups (broad SMARTS) is 1. The van der Waals surface area contributed by atoms with Gasteiger partial charge in [0.05, 0.1) is 14.2 Å². The molecule has 2 aromatic carbocycles. The van der Waals surface area contributed by atoms with Crippen LogP contribution in [0.3, 0.4) is 0 Å². The zero-order valence-electron chi connectivity index (χ0n) is 29.3. The minimum absolute atomic E-state index is 0.0553. The molecule has 3 atom stereocenters. The molecule has 1 saturated carbocycles. The summed E-state index contributed by atoms with van der Waals surface area (Å²) in [5, 5.41) is 12.1. The molecule has 1 aliphatic carbocycles. The molecule has 0 spiro atoms. The van der Waals surface area contributed by atoms with Crippen molar-refractivity contribution in [3.8, 4) is 17.2 Å². The lowest BCUT2D eigenvalue weighted by atomic mass is 9.82. The zero-order chi connectivity index (χ0) is 36.2. The maximum absolute atomic E-state index is 14.4. The van der Waals surface area contributed by atoms with E-state index in [-0.39, 0.29) is 17.5 Å². The number of amides is 2. The van der Waals surface area contributed by atoms with Crippen LogP contribution in [0.1, 0.15) is 85.5 Å². The van der Waals surface area contributed by atoms with Gasteiger partial charge < -0.3 is 34.3 Å². The monoisotopic (exact) mass is 701 g/mol. The van der Waals surface area contributed by atoms with E-state index in [0.717, 1.165) is 50.5 Å². The molecule has 2 N–H and O–H groups in total. The Kier molecular flexibility index (Phi) is 13.3. The molecule has 1 aliphatic heterocycles. The highest BCUT2D eigenvalue weighted by molar-refractivity contribution is 5.97. The van der Waals surface area contributed by atoms with E-state index < -0.39 is 42.6 Å². The number of aryl methyl sites for hydroxylation is 1. The summed E-state index contributed by atoms with van der Waals surface area (Å²) >= 11 is 0. The van der Waals surface area contributed by atoms with Crippen LogP contribution in [-0.2, 0) is 25.5 Å². The molecule has 5 rings (SSSR count). The predicted molar refractivity (Wildman–Crippen MR) is 188 cm³/mol. The fourth-order valence-electron chi connectivity index (χ4n) is 6.98. The number of nitrogens with one attached hydrogen (secondary N) is 1. The van der Waals surface area contributed by atoms with Crippen molar-refractivity contribution in [3.05, 3.63) is 83.7 Å². The van der Waals surface area contributed by atoms with Gasteiger partial charge in [0.1, 0.15) is 29.6 Å². The predicted octanol–water partition coefficient (Wildman–Crippen LogP) is 5.54. The van der Waals surface area contributed by atoms with Gasteiger partial charge in [0.2, 0.25) is 5.91 Å². The van der Waals surface area contributed by atoms with Crippen LogP contribution in [-0.4, -0.2) is 78.2 Å². The van der Waals surface area contributed by atoms with Gasteiger partial charge in [-0.05, 0) is 98.4 Å². The molecule has 2 aliphatic rings. The van der Waals surface area contributed by atoms with Crippen LogP contribution in [0.15, 0.2) is 66.9 Å². The molecule has 1 unspecified atom stereocenters. The van der Waals surface area contributed by atoms with Crippen LogP contribution in [0, 0.1) is 5.92 Å². The maximum Gasteiger partial charge on any atom is 0.341 e. The standard InChI is InChI=1S/C39H47N3O9/c1-48-33-20-18-26(23-34(33)49-2)17-19-32(28-13-10-14-29(24-28)50-25-35(43)44)51-39(47)31-16-7-9-22-42(31)38(46)36(27-11-4-3-5-12-27)41-37(45)30-15-6-8-21-40-30/h6,8,10,13-15,18,20-21,23-24,27,31-32,36H,3-5,7,9,11-12,16-17,19,22,25H2,1-2H3,(H,41,45)(H,43,44)/t31-,32?,36-/m0/s1. The largest absolute Gasteiger partial charge is 0.493 e. The number of ether oxygens (including phenoxy) is 4. The van der Waals surface area contributed by atoms with Crippen molar-refractivity contribution in [1.29, 1.82) is 0 Å². The van der Waals surface area contributed by atoms with Gasteiger partial charge >= 0.3 is 11.9 Å². The third-order valence-corrected chi connectivity index (χ3v) is 9.62. The number of benzene rings is 2. The first kappa shape index (κ1) is 37.1. The van der Waals surface area contributed by atoms with Crippen molar-refractivity contribution in [3.63, 3.8) is 0 Å². The average molecular weight is 702 g/mol. The lowest BCUT2D eigenvalue weighted by Crippen LogP contribution is -2.58. The molecule has 2 amide bonds. The molecule has 2 fully saturated rings. The Morgan fingerprint density at radius 3 is 2.41 bits per heavy atom. The average Bonchev–Trinajstić information content (AvgIpc) is 3.17. The third kappa shape index (κ3) is 9.99. The third-order valence-electron chi connectivity index (χ3n) is 9.62. The molecular weight excluding hydrogens is 654 g/mol. The van der Waals surface area contributed by atoms with Gasteiger partial charge in [-0.2, -0.15) is 0 Å². The highest BCUT2D eigenvalue weighted by Crippen LogP contribution is 2.33. The number of hydrogen-bond acceptors (Lipinski definition) is 9. The fraction of sp³-hybridized carbons (Fsp3) is 0.462. The van der Waals surface area contributed by atoms with Gasteiger partial charge in [-0.1, -0.05) is 43.5 Å². The number of aromatic nitrogens is 1. The number of likely N-dealkylation sites (tertiary alicyclic amines) is 1. The zero-order valence-corrected chi connectivity index (χ0v) is 29.3. The van der Waals surface area contributed by atoms with Gasteiger partial charge in [-0.15, -0.1) is 0 Å². The number of piperidine rings is 1. The molecule has 272 valence electrons. The van der Waals surface area contributed by atoms with E-state index in [1.165, 1.54) is 0 Å². The second kappa shape index (κ2) is 18.2. The molecule has 0 bridgehead atoms. The van der Waals surface area contributed by atoms with Crippen molar-refractivity contribution >= 4 is 23.8 Å². The van der Waals surface area contributed by atoms with Crippen LogP contribution in [0.5, 0.6) is 17.2 Å². The fourth-order valence-corrected chi connectivity index (χ4v) is 6.98. The molecule has 2 heterocycles. The number of aliphatic carboxylic acids is 1. The van der Waals surface area contributed by atoms with Crippen LogP contribution >= 0.6 is 0 Å². The Morgan fingerprint density at radius 2 is 1.69 bits per heavy atom. The van der Waals surface area contributed by atoms with E-state index in [2.05, 4.69) is 10.3 Å². The highest BCUT2D eigenvalue weighted by atomic mass is 16.5. The molecule has 1 saturated heterocycles. The van der Waals surface area contributed by atoms with E-state index in [1.54, 1.807) is 67.8 Å². The number of hydrogen-bond donors (Lipinski definition) is 2. The highest BCUT2D eigenvalue weighted by Gasteiger charge is 2.41. The number of carbonyl (C=O) groups excluding carboxylic acids is 3. The quantitative estimate of drug-likeness (QED) is 0.193. The number of esters is 1. The summed E-state index contributed by atoms with van der Waals surface area (Å²) in [6.07, 6.45) is 8.23. The van der Waals surface area contributed by atoms with Crippen LogP contribution in [0.25, 0.3) is 0 Å². The van der Waals surface area contributed by atoms with E-state index in [0.29, 0.717) is 48.6 Å². The first-order valence-corrected chi connectivity index (χ1v) is 17.7. The number of carbonyl (C=O) groups is 4. The molecule has 12 nitrogen and oxygen atoms in total. The molecule has 51 heavy (non-hydrogen) atoms. The summed E-state index contributed by atoms with van der Waals surface area (Å²) in [6.45, 7) is -0.145. The van der Waals surface area contributed by atoms with Crippen molar-refractivity contribution < 1.29 is 43.2 Å². The van der Waals surface area contributed by atoms with Crippen molar-refractivity contribution in [1.82, 2.24) is 15.2 Å². The molecule has 12 heteroatoms. The van der Waals surface area contributed by atoms with Gasteiger partial charge in [-0.3, -0.25) is 14.6 Å². The van der Waals surface area contributed by atoms with Gasteiger partial charge in [0.15, 0.2) is 18.1 Å². The van der Waals surface area contributed by atoms with Crippen LogP contribution < -0.4 is 19.5 Å². The Morgan fingerprint density at radius 1 is 0.902 bits per heavy atom. The van der Waals surface area contributed by atoms with E-state index >= 15 is 0 Å². The smallest absolute Gasteiger partial charge is 0.341 e. The first-order valence-electron chi connectivity index (χ1n) is 17.7. The topological polar surface area (TPSA) is 154 Å². The normalized spacial score (nSPS) is 17.5. The summed E-state index contributed by atoms with van der Waals surface area (Å²) < 4.78 is 22.6. The number of methoxy groups -OCH3 is 2. The number of nitrogens with zero attached hydrogens (tertiary/aromatic N) is 2. The van der Waals surface area contributed by atoms with E-state index in [9.17, 15) is 19.2 Å². The van der Waals surface area contributed by atoms with E-state index in [4.69, 9.17) is 24.1 Å². The van der Waals surface area contributed by atoms with Crippen LogP contribution in [0.4, 0.5) is 0 Å². The van der Waals surface area contributed by atoms with Crippen molar-refractivity contribution in [2.24, 2.45) is 5.92 Å². The summed E-state index contributed by atoms with van der Waals surface area (Å²) in [5.74, 6) is -0.897. The minimum Gasteiger partial charge on any atom is -0.493 e. The van der Waals surface area contributed by atoms with Gasteiger partial charge in [-0.25, -0.2) is 9.59 Å². The molecule has 3 aromatic rings. The Hall–Kier alpha value is -5.13. The van der Waals surface area contributed by atoms with Crippen molar-refractivity contribution in [2.45, 2.75) is 82.4 Å².